The lowest BCUT2D eigenvalue weighted by atomic mass is 10.2. The number of anilines is 2. The van der Waals surface area contributed by atoms with E-state index in [0.29, 0.717) is 49.2 Å². The molecule has 4 rings (SSSR count). The average molecular weight is 383 g/mol. The van der Waals surface area contributed by atoms with Crippen molar-refractivity contribution in [3.63, 3.8) is 0 Å². The van der Waals surface area contributed by atoms with Crippen LogP contribution in [0.5, 0.6) is 17.2 Å². The van der Waals surface area contributed by atoms with Crippen LogP contribution in [0.25, 0.3) is 0 Å². The van der Waals surface area contributed by atoms with E-state index in [0.717, 1.165) is 5.69 Å². The molecule has 2 aromatic carbocycles. The van der Waals surface area contributed by atoms with Crippen molar-refractivity contribution < 1.29 is 23.8 Å². The van der Waals surface area contributed by atoms with Gasteiger partial charge in [0.05, 0.1) is 7.11 Å². The predicted octanol–water partition coefficient (Wildman–Crippen LogP) is 2.35. The number of methoxy groups -OCH3 is 1. The van der Waals surface area contributed by atoms with Gasteiger partial charge in [0.15, 0.2) is 11.5 Å². The average Bonchev–Trinajstić information content (AvgIpc) is 3.08. The summed E-state index contributed by atoms with van der Waals surface area (Å²) in [5.74, 6) is 1.77. The van der Waals surface area contributed by atoms with Gasteiger partial charge in [0.25, 0.3) is 0 Å². The fourth-order valence-electron chi connectivity index (χ4n) is 3.22. The smallest absolute Gasteiger partial charge is 0.325 e. The van der Waals surface area contributed by atoms with Crippen LogP contribution in [-0.4, -0.2) is 56.8 Å². The molecule has 1 N–H and O–H groups in total. The maximum Gasteiger partial charge on any atom is 0.325 e. The van der Waals surface area contributed by atoms with Crippen LogP contribution in [0.15, 0.2) is 42.5 Å². The van der Waals surface area contributed by atoms with E-state index in [2.05, 4.69) is 5.32 Å². The molecule has 1 saturated heterocycles. The molecule has 0 radical (unpaired) electrons. The van der Waals surface area contributed by atoms with Gasteiger partial charge in [-0.1, -0.05) is 0 Å². The topological polar surface area (TPSA) is 80.3 Å². The highest BCUT2D eigenvalue weighted by Gasteiger charge is 2.31. The second-order valence-electron chi connectivity index (χ2n) is 6.46. The van der Waals surface area contributed by atoms with Gasteiger partial charge in [-0.05, 0) is 36.4 Å². The second kappa shape index (κ2) is 7.67. The lowest BCUT2D eigenvalue weighted by Crippen LogP contribution is -2.37. The lowest BCUT2D eigenvalue weighted by Gasteiger charge is -2.22. The number of amides is 3. The van der Waals surface area contributed by atoms with Gasteiger partial charge in [0.2, 0.25) is 5.91 Å². The van der Waals surface area contributed by atoms with Crippen molar-refractivity contribution in [3.8, 4) is 17.2 Å². The van der Waals surface area contributed by atoms with Gasteiger partial charge >= 0.3 is 6.03 Å². The maximum atomic E-state index is 12.7. The van der Waals surface area contributed by atoms with Crippen LogP contribution >= 0.6 is 0 Å². The second-order valence-corrected chi connectivity index (χ2v) is 6.46. The van der Waals surface area contributed by atoms with Crippen molar-refractivity contribution in [3.05, 3.63) is 42.5 Å². The zero-order valence-corrected chi connectivity index (χ0v) is 15.5. The number of hydrogen-bond acceptors (Lipinski definition) is 5. The van der Waals surface area contributed by atoms with Crippen LogP contribution < -0.4 is 24.4 Å². The molecule has 0 atom stereocenters. The largest absolute Gasteiger partial charge is 0.497 e. The molecular weight excluding hydrogens is 362 g/mol. The Morgan fingerprint density at radius 2 is 1.82 bits per heavy atom. The summed E-state index contributed by atoms with van der Waals surface area (Å²) in [6.45, 7) is 1.98. The quantitative estimate of drug-likeness (QED) is 0.857. The van der Waals surface area contributed by atoms with E-state index >= 15 is 0 Å². The first kappa shape index (κ1) is 18.0. The number of rotatable bonds is 5. The zero-order chi connectivity index (χ0) is 19.5. The van der Waals surface area contributed by atoms with Gasteiger partial charge in [-0.2, -0.15) is 0 Å². The summed E-state index contributed by atoms with van der Waals surface area (Å²) in [6, 6.07) is 12.3. The number of ether oxygens (including phenoxy) is 3. The highest BCUT2D eigenvalue weighted by atomic mass is 16.6. The molecule has 0 spiro atoms. The van der Waals surface area contributed by atoms with Gasteiger partial charge in [-0.25, -0.2) is 4.79 Å². The number of nitrogens with one attached hydrogen (secondary N) is 1. The molecule has 0 aromatic heterocycles. The van der Waals surface area contributed by atoms with Crippen LogP contribution in [-0.2, 0) is 4.79 Å². The molecule has 3 amide bonds. The van der Waals surface area contributed by atoms with E-state index in [1.807, 2.05) is 6.07 Å². The van der Waals surface area contributed by atoms with Crippen LogP contribution in [0, 0.1) is 0 Å². The molecule has 0 unspecified atom stereocenters. The molecule has 0 aliphatic carbocycles. The molecule has 2 heterocycles. The first-order valence-electron chi connectivity index (χ1n) is 9.04. The van der Waals surface area contributed by atoms with E-state index in [9.17, 15) is 9.59 Å². The molecule has 146 valence electrons. The number of carbonyl (C=O) groups excluding carboxylic acids is 2. The first-order chi connectivity index (χ1) is 13.6. The maximum absolute atomic E-state index is 12.7. The number of hydrogen-bond donors (Lipinski definition) is 1. The first-order valence-corrected chi connectivity index (χ1v) is 9.04. The Kier molecular flexibility index (Phi) is 4.92. The Bertz CT molecular complexity index is 884. The molecule has 2 aliphatic rings. The third-order valence-corrected chi connectivity index (χ3v) is 4.64. The molecule has 28 heavy (non-hydrogen) atoms. The van der Waals surface area contributed by atoms with E-state index in [1.165, 1.54) is 4.90 Å². The van der Waals surface area contributed by atoms with Gasteiger partial charge < -0.3 is 24.4 Å². The Balaban J connectivity index is 1.38. The summed E-state index contributed by atoms with van der Waals surface area (Å²) in [6.07, 6.45) is 0. The summed E-state index contributed by atoms with van der Waals surface area (Å²) < 4.78 is 16.2. The van der Waals surface area contributed by atoms with Crippen molar-refractivity contribution in [1.29, 1.82) is 0 Å². The van der Waals surface area contributed by atoms with E-state index < -0.39 is 0 Å². The fourth-order valence-corrected chi connectivity index (χ4v) is 3.22. The Labute approximate surface area is 162 Å². The van der Waals surface area contributed by atoms with Crippen LogP contribution in [0.3, 0.4) is 0 Å². The Hall–Kier alpha value is -3.42. The highest BCUT2D eigenvalue weighted by Crippen LogP contribution is 2.35. The minimum absolute atomic E-state index is 0.00802. The van der Waals surface area contributed by atoms with Crippen LogP contribution in [0.1, 0.15) is 0 Å². The number of benzene rings is 2. The van der Waals surface area contributed by atoms with Crippen molar-refractivity contribution in [2.45, 2.75) is 0 Å². The summed E-state index contributed by atoms with van der Waals surface area (Å²) in [4.78, 5) is 28.2. The van der Waals surface area contributed by atoms with Gasteiger partial charge in [0.1, 0.15) is 25.5 Å². The monoisotopic (exact) mass is 383 g/mol. The van der Waals surface area contributed by atoms with Gasteiger partial charge in [-0.15, -0.1) is 0 Å². The van der Waals surface area contributed by atoms with Gasteiger partial charge in [0, 0.05) is 30.5 Å². The summed E-state index contributed by atoms with van der Waals surface area (Å²) in [5, 5.41) is 2.79. The summed E-state index contributed by atoms with van der Waals surface area (Å²) >= 11 is 0. The third-order valence-electron chi connectivity index (χ3n) is 4.64. The van der Waals surface area contributed by atoms with Crippen molar-refractivity contribution >= 4 is 23.3 Å². The summed E-state index contributed by atoms with van der Waals surface area (Å²) in [7, 11) is 1.58. The molecule has 8 heteroatoms. The Morgan fingerprint density at radius 1 is 1.07 bits per heavy atom. The van der Waals surface area contributed by atoms with E-state index in [1.54, 1.807) is 48.4 Å². The minimum Gasteiger partial charge on any atom is -0.497 e. The van der Waals surface area contributed by atoms with Crippen molar-refractivity contribution in [2.75, 3.05) is 50.2 Å². The van der Waals surface area contributed by atoms with Crippen molar-refractivity contribution in [2.24, 2.45) is 0 Å². The van der Waals surface area contributed by atoms with Crippen molar-refractivity contribution in [1.82, 2.24) is 4.90 Å². The number of fused-ring (bicyclic) bond motifs is 1. The number of nitrogens with zero attached hydrogens (tertiary/aromatic N) is 2. The van der Waals surface area contributed by atoms with Crippen LogP contribution in [0.4, 0.5) is 16.2 Å². The van der Waals surface area contributed by atoms with Crippen LogP contribution in [0.2, 0.25) is 0 Å². The molecule has 2 aliphatic heterocycles. The normalized spacial score (nSPS) is 15.5. The molecule has 2 aromatic rings. The molecule has 0 bridgehead atoms. The number of carbonyl (C=O) groups is 2. The van der Waals surface area contributed by atoms with E-state index in [-0.39, 0.29) is 18.5 Å². The standard InChI is InChI=1S/C20H21N3O5/c1-26-16-5-2-14(3-6-16)21-19(24)13-22-8-9-23(20(22)25)15-4-7-17-18(12-15)28-11-10-27-17/h2-7,12H,8-11,13H2,1H3,(H,21,24). The van der Waals surface area contributed by atoms with Gasteiger partial charge in [-0.3, -0.25) is 9.69 Å². The highest BCUT2D eigenvalue weighted by molar-refractivity contribution is 5.99. The molecule has 0 saturated carbocycles. The minimum atomic E-state index is -0.248. The lowest BCUT2D eigenvalue weighted by molar-refractivity contribution is -0.116. The predicted molar refractivity (Wildman–Crippen MR) is 103 cm³/mol. The molecule has 8 nitrogen and oxygen atoms in total. The fraction of sp³-hybridized carbons (Fsp3) is 0.300. The third kappa shape index (κ3) is 3.66. The number of urea groups is 1. The Morgan fingerprint density at radius 3 is 2.57 bits per heavy atom. The summed E-state index contributed by atoms with van der Waals surface area (Å²) in [5.41, 5.74) is 1.38. The molecule has 1 fully saturated rings. The molecular formula is C20H21N3O5. The van der Waals surface area contributed by atoms with E-state index in [4.69, 9.17) is 14.2 Å². The SMILES string of the molecule is COc1ccc(NC(=O)CN2CCN(c3ccc4c(c3)OCCO4)C2=O)cc1. The zero-order valence-electron chi connectivity index (χ0n) is 15.5.